The molecule has 0 unspecified atom stereocenters. The maximum absolute atomic E-state index is 14.6. The summed E-state index contributed by atoms with van der Waals surface area (Å²) in [5.41, 5.74) is 3.07. The van der Waals surface area contributed by atoms with Gasteiger partial charge in [0.15, 0.2) is 17.3 Å². The van der Waals surface area contributed by atoms with Crippen molar-refractivity contribution in [3.05, 3.63) is 54.1 Å². The predicted octanol–water partition coefficient (Wildman–Crippen LogP) is 3.61. The molecule has 9 heteroatoms. The summed E-state index contributed by atoms with van der Waals surface area (Å²) in [6.45, 7) is 5.14. The summed E-state index contributed by atoms with van der Waals surface area (Å²) in [6, 6.07) is 10.7. The van der Waals surface area contributed by atoms with Crippen molar-refractivity contribution >= 4 is 27.8 Å². The number of hydrogen-bond donors (Lipinski definition) is 1. The highest BCUT2D eigenvalue weighted by Crippen LogP contribution is 2.37. The summed E-state index contributed by atoms with van der Waals surface area (Å²) in [7, 11) is 3.22. The van der Waals surface area contributed by atoms with Gasteiger partial charge >= 0.3 is 0 Å². The minimum atomic E-state index is -0.227. The molecule has 1 fully saturated rings. The Morgan fingerprint density at radius 3 is 2.62 bits per heavy atom. The molecule has 0 atom stereocenters. The van der Waals surface area contributed by atoms with Gasteiger partial charge in [-0.2, -0.15) is 0 Å². The summed E-state index contributed by atoms with van der Waals surface area (Å²) in [6.07, 6.45) is 1.56. The van der Waals surface area contributed by atoms with E-state index in [-0.39, 0.29) is 5.82 Å². The Kier molecular flexibility index (Phi) is 6.46. The molecule has 0 amide bonds. The van der Waals surface area contributed by atoms with Crippen molar-refractivity contribution in [1.82, 2.24) is 19.9 Å². The molecular formula is C25H28FN5O3. The quantitative estimate of drug-likeness (QED) is 0.426. The number of anilines is 1. The van der Waals surface area contributed by atoms with Gasteiger partial charge in [0.1, 0.15) is 23.2 Å². The fourth-order valence-electron chi connectivity index (χ4n) is 4.43. The van der Waals surface area contributed by atoms with E-state index in [2.05, 4.69) is 24.8 Å². The molecule has 8 nitrogen and oxygen atoms in total. The zero-order valence-corrected chi connectivity index (χ0v) is 19.4. The molecule has 4 aromatic rings. The second kappa shape index (κ2) is 9.82. The van der Waals surface area contributed by atoms with Crippen LogP contribution >= 0.6 is 0 Å². The molecule has 1 N–H and O–H groups in total. The number of nitrogens with zero attached hydrogens (tertiary/aromatic N) is 4. The largest absolute Gasteiger partial charge is 0.493 e. The Balaban J connectivity index is 1.56. The first-order valence-electron chi connectivity index (χ1n) is 11.3. The van der Waals surface area contributed by atoms with Crippen LogP contribution < -0.4 is 14.4 Å². The van der Waals surface area contributed by atoms with E-state index in [1.165, 1.54) is 6.07 Å². The van der Waals surface area contributed by atoms with Crippen molar-refractivity contribution in [2.24, 2.45) is 0 Å². The van der Waals surface area contributed by atoms with E-state index in [0.29, 0.717) is 30.2 Å². The molecule has 2 aromatic heterocycles. The predicted molar refractivity (Wildman–Crippen MR) is 129 cm³/mol. The van der Waals surface area contributed by atoms with Crippen molar-refractivity contribution in [3.63, 3.8) is 0 Å². The molecule has 1 saturated heterocycles. The first-order chi connectivity index (χ1) is 16.7. The summed E-state index contributed by atoms with van der Waals surface area (Å²) < 4.78 is 31.0. The maximum atomic E-state index is 14.6. The van der Waals surface area contributed by atoms with Crippen molar-refractivity contribution in [3.8, 4) is 11.5 Å². The Morgan fingerprint density at radius 1 is 1.09 bits per heavy atom. The van der Waals surface area contributed by atoms with E-state index < -0.39 is 0 Å². The van der Waals surface area contributed by atoms with Gasteiger partial charge < -0.3 is 24.1 Å². The van der Waals surface area contributed by atoms with Gasteiger partial charge in [0.25, 0.3) is 0 Å². The SMILES string of the molecule is COc1cc2[nH]c3c(N(CCN4CCOCC4)Cc4ccccc4F)ncnc3c2cc1OC. The minimum Gasteiger partial charge on any atom is -0.493 e. The summed E-state index contributed by atoms with van der Waals surface area (Å²) in [4.78, 5) is 17.1. The highest BCUT2D eigenvalue weighted by Gasteiger charge is 2.21. The first kappa shape index (κ1) is 22.4. The maximum Gasteiger partial charge on any atom is 0.162 e. The number of nitrogens with one attached hydrogen (secondary N) is 1. The molecule has 1 aliphatic heterocycles. The second-order valence-electron chi connectivity index (χ2n) is 8.27. The molecule has 0 aliphatic carbocycles. The number of fused-ring (bicyclic) bond motifs is 3. The van der Waals surface area contributed by atoms with Crippen LogP contribution in [0.15, 0.2) is 42.7 Å². The van der Waals surface area contributed by atoms with Gasteiger partial charge in [0.05, 0.1) is 33.0 Å². The Morgan fingerprint density at radius 2 is 1.85 bits per heavy atom. The summed E-state index contributed by atoms with van der Waals surface area (Å²) in [5.74, 6) is 1.77. The number of hydrogen-bond acceptors (Lipinski definition) is 7. The normalized spacial score (nSPS) is 14.6. The number of ether oxygens (including phenoxy) is 3. The molecular weight excluding hydrogens is 437 g/mol. The van der Waals surface area contributed by atoms with Gasteiger partial charge in [-0.15, -0.1) is 0 Å². The third-order valence-electron chi connectivity index (χ3n) is 6.27. The molecule has 0 radical (unpaired) electrons. The van der Waals surface area contributed by atoms with Gasteiger partial charge in [-0.25, -0.2) is 14.4 Å². The van der Waals surface area contributed by atoms with E-state index in [1.807, 2.05) is 24.3 Å². The van der Waals surface area contributed by atoms with Crippen LogP contribution in [0.2, 0.25) is 0 Å². The first-order valence-corrected chi connectivity index (χ1v) is 11.3. The Hall–Kier alpha value is -3.43. The lowest BCUT2D eigenvalue weighted by Gasteiger charge is -2.31. The van der Waals surface area contributed by atoms with E-state index >= 15 is 0 Å². The zero-order valence-electron chi connectivity index (χ0n) is 19.4. The molecule has 0 saturated carbocycles. The van der Waals surface area contributed by atoms with E-state index in [4.69, 9.17) is 14.2 Å². The van der Waals surface area contributed by atoms with E-state index in [9.17, 15) is 4.39 Å². The molecule has 34 heavy (non-hydrogen) atoms. The van der Waals surface area contributed by atoms with Crippen molar-refractivity contribution in [2.75, 3.05) is 58.5 Å². The molecule has 2 aromatic carbocycles. The van der Waals surface area contributed by atoms with Crippen LogP contribution in [0.4, 0.5) is 10.2 Å². The smallest absolute Gasteiger partial charge is 0.162 e. The molecule has 1 aliphatic rings. The number of aromatic amines is 1. The van der Waals surface area contributed by atoms with Crippen LogP contribution in [-0.4, -0.2) is 73.5 Å². The molecule has 178 valence electrons. The zero-order chi connectivity index (χ0) is 23.5. The number of aromatic nitrogens is 3. The number of methoxy groups -OCH3 is 2. The number of rotatable bonds is 8. The number of H-pyrrole nitrogens is 1. The van der Waals surface area contributed by atoms with Crippen LogP contribution in [0.5, 0.6) is 11.5 Å². The van der Waals surface area contributed by atoms with Gasteiger partial charge in [0, 0.05) is 49.7 Å². The monoisotopic (exact) mass is 465 g/mol. The number of benzene rings is 2. The van der Waals surface area contributed by atoms with Crippen molar-refractivity contribution in [1.29, 1.82) is 0 Å². The molecule has 5 rings (SSSR count). The van der Waals surface area contributed by atoms with Gasteiger partial charge in [-0.3, -0.25) is 4.90 Å². The van der Waals surface area contributed by atoms with Crippen LogP contribution in [0.1, 0.15) is 5.56 Å². The number of halogens is 1. The minimum absolute atomic E-state index is 0.227. The molecule has 0 spiro atoms. The van der Waals surface area contributed by atoms with Crippen LogP contribution in [0.3, 0.4) is 0 Å². The van der Waals surface area contributed by atoms with Crippen molar-refractivity contribution in [2.45, 2.75) is 6.54 Å². The van der Waals surface area contributed by atoms with Crippen LogP contribution in [0, 0.1) is 5.82 Å². The van der Waals surface area contributed by atoms with Crippen LogP contribution in [-0.2, 0) is 11.3 Å². The van der Waals surface area contributed by atoms with Gasteiger partial charge in [0.2, 0.25) is 0 Å². The lowest BCUT2D eigenvalue weighted by atomic mass is 10.2. The molecule has 3 heterocycles. The van der Waals surface area contributed by atoms with E-state index in [1.54, 1.807) is 26.6 Å². The lowest BCUT2D eigenvalue weighted by molar-refractivity contribution is 0.0391. The highest BCUT2D eigenvalue weighted by atomic mass is 19.1. The standard InChI is InChI=1S/C25H28FN5O3/c1-32-21-13-18-20(14-22(21)33-2)29-24-23(18)27-16-28-25(24)31(8-7-30-9-11-34-12-10-30)15-17-5-3-4-6-19(17)26/h3-6,13-14,16,29H,7-12,15H2,1-2H3. The van der Waals surface area contributed by atoms with Gasteiger partial charge in [-0.05, 0) is 12.1 Å². The number of morpholine rings is 1. The third-order valence-corrected chi connectivity index (χ3v) is 6.27. The average Bonchev–Trinajstić information content (AvgIpc) is 3.25. The Labute approximate surface area is 197 Å². The molecule has 0 bridgehead atoms. The fraction of sp³-hybridized carbons (Fsp3) is 0.360. The Bertz CT molecular complexity index is 1290. The van der Waals surface area contributed by atoms with Gasteiger partial charge in [-0.1, -0.05) is 18.2 Å². The van der Waals surface area contributed by atoms with E-state index in [0.717, 1.165) is 60.6 Å². The van der Waals surface area contributed by atoms with Crippen LogP contribution in [0.25, 0.3) is 21.9 Å². The summed E-state index contributed by atoms with van der Waals surface area (Å²) in [5, 5.41) is 0.912. The lowest BCUT2D eigenvalue weighted by Crippen LogP contribution is -2.41. The fourth-order valence-corrected chi connectivity index (χ4v) is 4.43. The third kappa shape index (κ3) is 4.36. The second-order valence-corrected chi connectivity index (χ2v) is 8.27. The van der Waals surface area contributed by atoms with Crippen molar-refractivity contribution < 1.29 is 18.6 Å². The topological polar surface area (TPSA) is 75.7 Å². The average molecular weight is 466 g/mol. The highest BCUT2D eigenvalue weighted by molar-refractivity contribution is 6.09. The summed E-state index contributed by atoms with van der Waals surface area (Å²) >= 11 is 0.